The molecule has 0 bridgehead atoms. The fraction of sp³-hybridized carbons (Fsp3) is 0.700. The first kappa shape index (κ1) is 11.0. The molecule has 1 aliphatic heterocycles. The van der Waals surface area contributed by atoms with Crippen LogP contribution in [0.15, 0.2) is 0 Å². The Labute approximate surface area is 84.2 Å². The third kappa shape index (κ3) is 3.02. The Kier molecular flexibility index (Phi) is 4.44. The van der Waals surface area contributed by atoms with Gasteiger partial charge in [0.15, 0.2) is 0 Å². The fourth-order valence-electron chi connectivity index (χ4n) is 1.41. The molecule has 1 aliphatic rings. The van der Waals surface area contributed by atoms with E-state index in [0.717, 1.165) is 12.8 Å². The molecule has 3 N–H and O–H groups in total. The van der Waals surface area contributed by atoms with Crippen LogP contribution in [0.1, 0.15) is 19.8 Å². The van der Waals surface area contributed by atoms with Crippen LogP contribution in [-0.2, 0) is 9.53 Å². The van der Waals surface area contributed by atoms with E-state index in [0.29, 0.717) is 13.1 Å². The Bertz CT molecular complexity index is 255. The van der Waals surface area contributed by atoms with Crippen LogP contribution in [0, 0.1) is 11.8 Å². The van der Waals surface area contributed by atoms with E-state index in [1.807, 2.05) is 0 Å². The Morgan fingerprint density at radius 3 is 3.00 bits per heavy atom. The summed E-state index contributed by atoms with van der Waals surface area (Å²) in [4.78, 5) is 11.4. The first-order chi connectivity index (χ1) is 6.77. The highest BCUT2D eigenvalue weighted by atomic mass is 16.5. The van der Waals surface area contributed by atoms with Crippen molar-refractivity contribution < 1.29 is 9.53 Å². The predicted molar refractivity (Wildman–Crippen MR) is 53.4 cm³/mol. The van der Waals surface area contributed by atoms with Crippen molar-refractivity contribution in [1.82, 2.24) is 5.32 Å². The summed E-state index contributed by atoms with van der Waals surface area (Å²) in [5.41, 5.74) is 5.44. The van der Waals surface area contributed by atoms with Crippen LogP contribution in [0.2, 0.25) is 0 Å². The third-order valence-corrected chi connectivity index (χ3v) is 2.19. The highest BCUT2D eigenvalue weighted by Gasteiger charge is 2.29. The maximum absolute atomic E-state index is 11.4. The minimum absolute atomic E-state index is 0.0445. The normalized spacial score (nSPS) is 25.3. The first-order valence-electron chi connectivity index (χ1n) is 4.80. The van der Waals surface area contributed by atoms with Gasteiger partial charge < -0.3 is 15.8 Å². The lowest BCUT2D eigenvalue weighted by Gasteiger charge is -2.11. The fourth-order valence-corrected chi connectivity index (χ4v) is 1.41. The Balaban J connectivity index is 2.27. The van der Waals surface area contributed by atoms with Crippen LogP contribution in [0.5, 0.6) is 0 Å². The molecule has 4 nitrogen and oxygen atoms in total. The zero-order chi connectivity index (χ0) is 10.4. The number of nitrogens with one attached hydrogen (secondary N) is 1. The summed E-state index contributed by atoms with van der Waals surface area (Å²) in [6.45, 7) is 2.61. The van der Waals surface area contributed by atoms with E-state index in [-0.39, 0.29) is 18.1 Å². The van der Waals surface area contributed by atoms with E-state index in [4.69, 9.17) is 10.5 Å². The Morgan fingerprint density at radius 2 is 2.43 bits per heavy atom. The number of hydrogen-bond acceptors (Lipinski definition) is 3. The smallest absolute Gasteiger partial charge is 0.249 e. The average Bonchev–Trinajstić information content (AvgIpc) is 2.66. The van der Waals surface area contributed by atoms with E-state index in [9.17, 15) is 4.79 Å². The lowest BCUT2D eigenvalue weighted by atomic mass is 10.2. The van der Waals surface area contributed by atoms with Crippen LogP contribution >= 0.6 is 0 Å². The van der Waals surface area contributed by atoms with E-state index in [1.54, 1.807) is 6.92 Å². The molecule has 14 heavy (non-hydrogen) atoms. The molecule has 1 heterocycles. The first-order valence-corrected chi connectivity index (χ1v) is 4.80. The second kappa shape index (κ2) is 5.63. The molecule has 1 rings (SSSR count). The quantitative estimate of drug-likeness (QED) is 0.605. The van der Waals surface area contributed by atoms with Gasteiger partial charge in [0.2, 0.25) is 5.91 Å². The van der Waals surface area contributed by atoms with Gasteiger partial charge in [0.05, 0.1) is 12.6 Å². The largest absolute Gasteiger partial charge is 0.364 e. The van der Waals surface area contributed by atoms with Crippen LogP contribution in [0.25, 0.3) is 0 Å². The highest BCUT2D eigenvalue weighted by molar-refractivity contribution is 5.81. The van der Waals surface area contributed by atoms with E-state index < -0.39 is 0 Å². The lowest BCUT2D eigenvalue weighted by molar-refractivity contribution is -0.131. The molecule has 1 fully saturated rings. The number of rotatable bonds is 3. The van der Waals surface area contributed by atoms with E-state index in [2.05, 4.69) is 17.2 Å². The molecule has 1 saturated heterocycles. The van der Waals surface area contributed by atoms with Crippen molar-refractivity contribution in [2.24, 2.45) is 5.73 Å². The lowest BCUT2D eigenvalue weighted by Crippen LogP contribution is -2.35. The molecule has 2 atom stereocenters. The number of ether oxygens (including phenoxy) is 1. The minimum atomic E-state index is -0.331. The van der Waals surface area contributed by atoms with Crippen molar-refractivity contribution in [3.8, 4) is 11.8 Å². The summed E-state index contributed by atoms with van der Waals surface area (Å²) in [5.74, 6) is 5.39. The number of nitrogens with two attached hydrogens (primary N) is 1. The number of carbonyl (C=O) groups excluding carboxylic acids is 1. The number of amides is 1. The van der Waals surface area contributed by atoms with Gasteiger partial charge in [0, 0.05) is 6.54 Å². The third-order valence-electron chi connectivity index (χ3n) is 2.19. The molecule has 0 aromatic carbocycles. The van der Waals surface area contributed by atoms with Gasteiger partial charge in [0.1, 0.15) is 6.10 Å². The SMILES string of the molecule is CC#CCNC(=O)C1CCC(CN)O1. The van der Waals surface area contributed by atoms with Crippen LogP contribution in [0.4, 0.5) is 0 Å². The molecular weight excluding hydrogens is 180 g/mol. The minimum Gasteiger partial charge on any atom is -0.364 e. The van der Waals surface area contributed by atoms with Gasteiger partial charge in [-0.1, -0.05) is 5.92 Å². The average molecular weight is 196 g/mol. The summed E-state index contributed by atoms with van der Waals surface area (Å²) in [7, 11) is 0. The number of hydrogen-bond donors (Lipinski definition) is 2. The maximum Gasteiger partial charge on any atom is 0.249 e. The Hall–Kier alpha value is -1.05. The second-order valence-corrected chi connectivity index (χ2v) is 3.20. The molecule has 78 valence electrons. The second-order valence-electron chi connectivity index (χ2n) is 3.20. The molecule has 0 radical (unpaired) electrons. The van der Waals surface area contributed by atoms with Crippen molar-refractivity contribution in [2.75, 3.05) is 13.1 Å². The van der Waals surface area contributed by atoms with Crippen molar-refractivity contribution >= 4 is 5.91 Å². The monoisotopic (exact) mass is 196 g/mol. The summed E-state index contributed by atoms with van der Waals surface area (Å²) in [6.07, 6.45) is 1.34. The maximum atomic E-state index is 11.4. The summed E-state index contributed by atoms with van der Waals surface area (Å²) in [6, 6.07) is 0. The zero-order valence-corrected chi connectivity index (χ0v) is 8.38. The van der Waals surface area contributed by atoms with Crippen molar-refractivity contribution in [1.29, 1.82) is 0 Å². The molecule has 2 unspecified atom stereocenters. The molecule has 0 aromatic heterocycles. The van der Waals surface area contributed by atoms with Crippen LogP contribution < -0.4 is 11.1 Å². The van der Waals surface area contributed by atoms with Gasteiger partial charge in [-0.25, -0.2) is 0 Å². The molecule has 0 saturated carbocycles. The van der Waals surface area contributed by atoms with Gasteiger partial charge in [-0.15, -0.1) is 5.92 Å². The summed E-state index contributed by atoms with van der Waals surface area (Å²) >= 11 is 0. The van der Waals surface area contributed by atoms with Gasteiger partial charge in [-0.05, 0) is 19.8 Å². The molecule has 0 spiro atoms. The highest BCUT2D eigenvalue weighted by Crippen LogP contribution is 2.18. The predicted octanol–water partition coefficient (Wildman–Crippen LogP) is -0.368. The molecule has 0 aliphatic carbocycles. The van der Waals surface area contributed by atoms with Crippen LogP contribution in [-0.4, -0.2) is 31.2 Å². The van der Waals surface area contributed by atoms with Crippen LogP contribution in [0.3, 0.4) is 0 Å². The van der Waals surface area contributed by atoms with Gasteiger partial charge >= 0.3 is 0 Å². The zero-order valence-electron chi connectivity index (χ0n) is 8.38. The van der Waals surface area contributed by atoms with Crippen molar-refractivity contribution in [2.45, 2.75) is 32.0 Å². The standard InChI is InChI=1S/C10H16N2O2/c1-2-3-6-12-10(13)9-5-4-8(7-11)14-9/h8-9H,4-7,11H2,1H3,(H,12,13). The Morgan fingerprint density at radius 1 is 1.64 bits per heavy atom. The topological polar surface area (TPSA) is 64.4 Å². The molecule has 4 heteroatoms. The van der Waals surface area contributed by atoms with Gasteiger partial charge in [-0.3, -0.25) is 4.79 Å². The van der Waals surface area contributed by atoms with Crippen molar-refractivity contribution in [3.05, 3.63) is 0 Å². The number of carbonyl (C=O) groups is 1. The van der Waals surface area contributed by atoms with Crippen molar-refractivity contribution in [3.63, 3.8) is 0 Å². The van der Waals surface area contributed by atoms with E-state index in [1.165, 1.54) is 0 Å². The molecule has 1 amide bonds. The molecular formula is C10H16N2O2. The van der Waals surface area contributed by atoms with Gasteiger partial charge in [0.25, 0.3) is 0 Å². The van der Waals surface area contributed by atoms with Gasteiger partial charge in [-0.2, -0.15) is 0 Å². The molecule has 0 aromatic rings. The summed E-state index contributed by atoms with van der Waals surface area (Å²) < 4.78 is 5.42. The summed E-state index contributed by atoms with van der Waals surface area (Å²) in [5, 5.41) is 2.69. The van der Waals surface area contributed by atoms with E-state index >= 15 is 0 Å².